The Hall–Kier alpha value is -1.54. The molecule has 0 N–H and O–H groups in total. The maximum atomic E-state index is 12.6. The van der Waals surface area contributed by atoms with Gasteiger partial charge in [-0.1, -0.05) is 6.42 Å². The molecule has 3 heterocycles. The topological polar surface area (TPSA) is 80.5 Å². The molecule has 8 heteroatoms. The van der Waals surface area contributed by atoms with Gasteiger partial charge in [-0.2, -0.15) is 13.8 Å². The molecule has 1 saturated heterocycles. The first kappa shape index (κ1) is 14.4. The number of nitrogens with zero attached hydrogens (tertiary/aromatic N) is 5. The lowest BCUT2D eigenvalue weighted by atomic mass is 10.2. The molecular formula is C13H19N5O2S. The van der Waals surface area contributed by atoms with Crippen LogP contribution >= 0.6 is 0 Å². The lowest BCUT2D eigenvalue weighted by molar-refractivity contribution is 0.344. The Morgan fingerprint density at radius 3 is 2.33 bits per heavy atom. The van der Waals surface area contributed by atoms with E-state index in [0.717, 1.165) is 36.2 Å². The monoisotopic (exact) mass is 309 g/mol. The Morgan fingerprint density at radius 1 is 1.00 bits per heavy atom. The molecule has 114 valence electrons. The number of sulfonamides is 1. The summed E-state index contributed by atoms with van der Waals surface area (Å²) in [6, 6.07) is 0. The molecule has 1 fully saturated rings. The van der Waals surface area contributed by atoms with Crippen molar-refractivity contribution in [1.82, 2.24) is 23.9 Å². The van der Waals surface area contributed by atoms with E-state index in [0.29, 0.717) is 18.9 Å². The fourth-order valence-electron chi connectivity index (χ4n) is 2.57. The van der Waals surface area contributed by atoms with Gasteiger partial charge in [-0.15, -0.1) is 5.10 Å². The lowest BCUT2D eigenvalue weighted by Crippen LogP contribution is -2.36. The lowest BCUT2D eigenvalue weighted by Gasteiger charge is -2.24. The van der Waals surface area contributed by atoms with Gasteiger partial charge in [-0.25, -0.2) is 13.4 Å². The van der Waals surface area contributed by atoms with Crippen LogP contribution in [0.3, 0.4) is 0 Å². The first-order valence-electron chi connectivity index (χ1n) is 7.12. The molecule has 0 amide bonds. The second kappa shape index (κ2) is 5.03. The summed E-state index contributed by atoms with van der Waals surface area (Å²) in [6.45, 7) is 6.81. The van der Waals surface area contributed by atoms with Crippen LogP contribution in [0.2, 0.25) is 0 Å². The van der Waals surface area contributed by atoms with Gasteiger partial charge in [0.25, 0.3) is 21.0 Å². The summed E-state index contributed by atoms with van der Waals surface area (Å²) >= 11 is 0. The molecule has 1 aliphatic rings. The Morgan fingerprint density at radius 2 is 1.67 bits per heavy atom. The zero-order valence-electron chi connectivity index (χ0n) is 12.5. The molecule has 0 saturated carbocycles. The number of hydrogen-bond donors (Lipinski definition) is 0. The van der Waals surface area contributed by atoms with Crippen molar-refractivity contribution in [1.29, 1.82) is 0 Å². The average molecular weight is 309 g/mol. The van der Waals surface area contributed by atoms with E-state index >= 15 is 0 Å². The zero-order valence-corrected chi connectivity index (χ0v) is 13.3. The molecular weight excluding hydrogens is 290 g/mol. The van der Waals surface area contributed by atoms with Crippen LogP contribution in [0.5, 0.6) is 0 Å². The fourth-order valence-corrected chi connectivity index (χ4v) is 3.92. The minimum absolute atomic E-state index is 0.148. The van der Waals surface area contributed by atoms with Crippen LogP contribution in [0, 0.1) is 20.8 Å². The van der Waals surface area contributed by atoms with E-state index in [1.165, 1.54) is 8.82 Å². The molecule has 0 spiro atoms. The van der Waals surface area contributed by atoms with Gasteiger partial charge < -0.3 is 0 Å². The predicted molar refractivity (Wildman–Crippen MR) is 77.6 cm³/mol. The highest BCUT2D eigenvalue weighted by atomic mass is 32.2. The van der Waals surface area contributed by atoms with Crippen LogP contribution in [-0.2, 0) is 10.0 Å². The quantitative estimate of drug-likeness (QED) is 0.833. The summed E-state index contributed by atoms with van der Waals surface area (Å²) in [6.07, 6.45) is 2.86. The third-order valence-electron chi connectivity index (χ3n) is 4.13. The van der Waals surface area contributed by atoms with E-state index in [1.807, 2.05) is 20.8 Å². The maximum absolute atomic E-state index is 12.6. The van der Waals surface area contributed by atoms with Crippen LogP contribution < -0.4 is 0 Å². The standard InChI is InChI=1S/C13H19N5O2S/c1-9-10(2)14-12-15-13(16-18(12)11(9)3)21(19,20)17-7-5-4-6-8-17/h4-8H2,1-3H3. The summed E-state index contributed by atoms with van der Waals surface area (Å²) < 4.78 is 28.2. The number of rotatable bonds is 2. The van der Waals surface area contributed by atoms with Crippen LogP contribution in [0.1, 0.15) is 36.2 Å². The van der Waals surface area contributed by atoms with Crippen molar-refractivity contribution in [2.24, 2.45) is 0 Å². The van der Waals surface area contributed by atoms with Crippen LogP contribution in [-0.4, -0.2) is 45.4 Å². The van der Waals surface area contributed by atoms with Crippen LogP contribution in [0.15, 0.2) is 5.16 Å². The largest absolute Gasteiger partial charge is 0.284 e. The first-order chi connectivity index (χ1) is 9.91. The molecule has 0 bridgehead atoms. The Kier molecular flexibility index (Phi) is 3.45. The van der Waals surface area contributed by atoms with Gasteiger partial charge in [0.15, 0.2) is 0 Å². The summed E-state index contributed by atoms with van der Waals surface area (Å²) in [4.78, 5) is 8.46. The van der Waals surface area contributed by atoms with Crippen molar-refractivity contribution in [3.05, 3.63) is 17.0 Å². The summed E-state index contributed by atoms with van der Waals surface area (Å²) in [5.74, 6) is 0.339. The Bertz CT molecular complexity index is 790. The number of hydrogen-bond acceptors (Lipinski definition) is 5. The van der Waals surface area contributed by atoms with E-state index in [9.17, 15) is 8.42 Å². The molecule has 7 nitrogen and oxygen atoms in total. The minimum Gasteiger partial charge on any atom is -0.216 e. The van der Waals surface area contributed by atoms with Crippen molar-refractivity contribution in [2.45, 2.75) is 45.2 Å². The molecule has 0 aromatic carbocycles. The highest BCUT2D eigenvalue weighted by Gasteiger charge is 2.30. The number of fused-ring (bicyclic) bond motifs is 1. The van der Waals surface area contributed by atoms with Crippen molar-refractivity contribution in [3.8, 4) is 0 Å². The van der Waals surface area contributed by atoms with E-state index in [1.54, 1.807) is 0 Å². The summed E-state index contributed by atoms with van der Waals surface area (Å²) in [7, 11) is -3.62. The number of aromatic nitrogens is 4. The number of aryl methyl sites for hydroxylation is 2. The molecule has 3 rings (SSSR count). The van der Waals surface area contributed by atoms with Crippen LogP contribution in [0.25, 0.3) is 5.78 Å². The first-order valence-corrected chi connectivity index (χ1v) is 8.56. The third-order valence-corrected chi connectivity index (χ3v) is 5.81. The highest BCUT2D eigenvalue weighted by molar-refractivity contribution is 7.88. The van der Waals surface area contributed by atoms with Crippen molar-refractivity contribution in [2.75, 3.05) is 13.1 Å². The second-order valence-electron chi connectivity index (χ2n) is 5.48. The molecule has 1 aliphatic heterocycles. The van der Waals surface area contributed by atoms with Gasteiger partial charge in [0.1, 0.15) is 0 Å². The Labute approximate surface area is 124 Å². The molecule has 0 aliphatic carbocycles. The predicted octanol–water partition coefficient (Wildman–Crippen LogP) is 1.22. The normalized spacial score (nSPS) is 17.5. The molecule has 0 radical (unpaired) electrons. The van der Waals surface area contributed by atoms with E-state index in [4.69, 9.17) is 0 Å². The molecule has 2 aromatic rings. The van der Waals surface area contributed by atoms with Crippen molar-refractivity contribution in [3.63, 3.8) is 0 Å². The van der Waals surface area contributed by atoms with Crippen molar-refractivity contribution < 1.29 is 8.42 Å². The van der Waals surface area contributed by atoms with Gasteiger partial charge >= 0.3 is 0 Å². The smallest absolute Gasteiger partial charge is 0.216 e. The third kappa shape index (κ3) is 2.32. The van der Waals surface area contributed by atoms with Gasteiger partial charge in [0, 0.05) is 24.5 Å². The van der Waals surface area contributed by atoms with Gasteiger partial charge in [-0.05, 0) is 39.2 Å². The summed E-state index contributed by atoms with van der Waals surface area (Å²) in [5.41, 5.74) is 2.70. The Balaban J connectivity index is 2.10. The summed E-state index contributed by atoms with van der Waals surface area (Å²) in [5, 5.41) is 4.03. The second-order valence-corrected chi connectivity index (χ2v) is 7.31. The fraction of sp³-hybridized carbons (Fsp3) is 0.615. The van der Waals surface area contributed by atoms with E-state index < -0.39 is 10.0 Å². The van der Waals surface area contributed by atoms with Crippen LogP contribution in [0.4, 0.5) is 0 Å². The minimum atomic E-state index is -3.62. The van der Waals surface area contributed by atoms with E-state index in [-0.39, 0.29) is 5.16 Å². The zero-order chi connectivity index (χ0) is 15.2. The van der Waals surface area contributed by atoms with Gasteiger partial charge in [0.2, 0.25) is 0 Å². The van der Waals surface area contributed by atoms with Gasteiger partial charge in [0.05, 0.1) is 0 Å². The van der Waals surface area contributed by atoms with E-state index in [2.05, 4.69) is 15.1 Å². The maximum Gasteiger partial charge on any atom is 0.284 e. The molecule has 0 atom stereocenters. The highest BCUT2D eigenvalue weighted by Crippen LogP contribution is 2.19. The number of piperidine rings is 1. The van der Waals surface area contributed by atoms with Gasteiger partial charge in [-0.3, -0.25) is 0 Å². The van der Waals surface area contributed by atoms with Crippen molar-refractivity contribution >= 4 is 15.8 Å². The molecule has 0 unspecified atom stereocenters. The SMILES string of the molecule is Cc1nc2nc(S(=O)(=O)N3CCCCC3)nn2c(C)c1C. The molecule has 2 aromatic heterocycles. The average Bonchev–Trinajstić information content (AvgIpc) is 2.90. The molecule has 21 heavy (non-hydrogen) atoms.